The molecule has 0 unspecified atom stereocenters. The van der Waals surface area contributed by atoms with Crippen LogP contribution < -0.4 is 15.4 Å². The van der Waals surface area contributed by atoms with Crippen molar-refractivity contribution in [3.8, 4) is 5.75 Å². The summed E-state index contributed by atoms with van der Waals surface area (Å²) in [7, 11) is 0. The van der Waals surface area contributed by atoms with E-state index in [-0.39, 0.29) is 6.03 Å². The van der Waals surface area contributed by atoms with Gasteiger partial charge in [-0.3, -0.25) is 4.98 Å². The number of nitrogens with zero attached hydrogens (tertiary/aromatic N) is 1. The molecule has 0 aliphatic rings. The Labute approximate surface area is 159 Å². The third-order valence-corrected chi connectivity index (χ3v) is 4.41. The highest BCUT2D eigenvalue weighted by Gasteiger charge is 2.11. The van der Waals surface area contributed by atoms with Crippen LogP contribution in [0.5, 0.6) is 5.75 Å². The number of para-hydroxylation sites is 2. The van der Waals surface area contributed by atoms with Gasteiger partial charge in [-0.05, 0) is 36.1 Å². The molecule has 1 aromatic heterocycles. The van der Waals surface area contributed by atoms with E-state index >= 15 is 0 Å². The number of rotatable bonds is 6. The van der Waals surface area contributed by atoms with E-state index in [2.05, 4.69) is 29.5 Å². The number of anilines is 1. The zero-order chi connectivity index (χ0) is 19.2. The smallest absolute Gasteiger partial charge is 0.319 e. The van der Waals surface area contributed by atoms with Gasteiger partial charge < -0.3 is 15.4 Å². The van der Waals surface area contributed by atoms with E-state index in [9.17, 15) is 4.79 Å². The third-order valence-electron chi connectivity index (χ3n) is 4.41. The molecular formula is C22H25N3O2. The molecule has 0 radical (unpaired) electrons. The summed E-state index contributed by atoms with van der Waals surface area (Å²) < 4.78 is 5.80. The van der Waals surface area contributed by atoms with Gasteiger partial charge in [0, 0.05) is 17.3 Å². The number of fused-ring (bicyclic) bond motifs is 1. The van der Waals surface area contributed by atoms with Gasteiger partial charge in [-0.25, -0.2) is 4.79 Å². The molecule has 3 aromatic rings. The highest BCUT2D eigenvalue weighted by atomic mass is 16.5. The zero-order valence-corrected chi connectivity index (χ0v) is 16.0. The molecule has 2 amide bonds. The summed E-state index contributed by atoms with van der Waals surface area (Å²) in [5, 5.41) is 6.85. The topological polar surface area (TPSA) is 63.2 Å². The average Bonchev–Trinajstić information content (AvgIpc) is 2.66. The van der Waals surface area contributed by atoms with E-state index in [4.69, 9.17) is 4.74 Å². The summed E-state index contributed by atoms with van der Waals surface area (Å²) in [5.74, 6) is 1.05. The number of nitrogens with one attached hydrogen (secondary N) is 2. The Balaban J connectivity index is 1.55. The van der Waals surface area contributed by atoms with Crippen LogP contribution in [0.1, 0.15) is 30.9 Å². The third kappa shape index (κ3) is 4.56. The quantitative estimate of drug-likeness (QED) is 0.614. The minimum absolute atomic E-state index is 0.231. The first-order valence-electron chi connectivity index (χ1n) is 9.17. The predicted molar refractivity (Wildman–Crippen MR) is 110 cm³/mol. The van der Waals surface area contributed by atoms with Crippen molar-refractivity contribution in [3.05, 3.63) is 65.9 Å². The summed E-state index contributed by atoms with van der Waals surface area (Å²) in [5.41, 5.74) is 3.88. The van der Waals surface area contributed by atoms with Gasteiger partial charge in [0.1, 0.15) is 17.9 Å². The summed E-state index contributed by atoms with van der Waals surface area (Å²) in [6.07, 6.45) is 1.75. The average molecular weight is 363 g/mol. The van der Waals surface area contributed by atoms with E-state index in [1.807, 2.05) is 55.5 Å². The first kappa shape index (κ1) is 18.7. The molecule has 5 heteroatoms. The highest BCUT2D eigenvalue weighted by Crippen LogP contribution is 2.27. The summed E-state index contributed by atoms with van der Waals surface area (Å²) in [6.45, 7) is 7.00. The van der Waals surface area contributed by atoms with Crippen LogP contribution in [-0.2, 0) is 0 Å². The molecule has 0 atom stereocenters. The molecule has 0 bridgehead atoms. The van der Waals surface area contributed by atoms with Crippen LogP contribution in [0.4, 0.5) is 10.5 Å². The van der Waals surface area contributed by atoms with Crippen LogP contribution in [0.2, 0.25) is 0 Å². The Kier molecular flexibility index (Phi) is 5.91. The molecule has 3 rings (SSSR count). The van der Waals surface area contributed by atoms with Crippen molar-refractivity contribution >= 4 is 22.6 Å². The number of hydrogen-bond acceptors (Lipinski definition) is 3. The maximum absolute atomic E-state index is 12.3. The monoisotopic (exact) mass is 363 g/mol. The fraction of sp³-hybridized carbons (Fsp3) is 0.273. The van der Waals surface area contributed by atoms with Crippen LogP contribution in [0.25, 0.3) is 10.9 Å². The second-order valence-electron chi connectivity index (χ2n) is 6.75. The number of benzene rings is 2. The lowest BCUT2D eigenvalue weighted by Crippen LogP contribution is -2.32. The normalized spacial score (nSPS) is 10.8. The molecule has 0 aliphatic carbocycles. The number of carbonyl (C=O) groups excluding carboxylic acids is 1. The second-order valence-corrected chi connectivity index (χ2v) is 6.75. The lowest BCUT2D eigenvalue weighted by atomic mass is 9.98. The molecule has 0 spiro atoms. The van der Waals surface area contributed by atoms with Crippen LogP contribution in [0.15, 0.2) is 54.7 Å². The maximum Gasteiger partial charge on any atom is 0.319 e. The van der Waals surface area contributed by atoms with Crippen LogP contribution in [-0.4, -0.2) is 24.2 Å². The lowest BCUT2D eigenvalue weighted by molar-refractivity contribution is 0.247. The number of aromatic nitrogens is 1. The van der Waals surface area contributed by atoms with Crippen molar-refractivity contribution in [2.75, 3.05) is 18.5 Å². The van der Waals surface area contributed by atoms with Gasteiger partial charge in [0.15, 0.2) is 0 Å². The highest BCUT2D eigenvalue weighted by molar-refractivity contribution is 5.91. The number of ether oxygens (including phenoxy) is 1. The van der Waals surface area contributed by atoms with Gasteiger partial charge in [0.2, 0.25) is 0 Å². The summed E-state index contributed by atoms with van der Waals surface area (Å²) in [6, 6.07) is 15.5. The molecular weight excluding hydrogens is 338 g/mol. The first-order valence-corrected chi connectivity index (χ1v) is 9.17. The van der Waals surface area contributed by atoms with E-state index in [0.29, 0.717) is 19.1 Å². The second kappa shape index (κ2) is 8.54. The van der Waals surface area contributed by atoms with Crippen molar-refractivity contribution in [2.45, 2.75) is 26.7 Å². The van der Waals surface area contributed by atoms with Crippen molar-refractivity contribution in [1.29, 1.82) is 0 Å². The molecule has 2 N–H and O–H groups in total. The number of urea groups is 1. The van der Waals surface area contributed by atoms with E-state index in [0.717, 1.165) is 33.5 Å². The molecule has 0 aliphatic heterocycles. The largest absolute Gasteiger partial charge is 0.489 e. The molecule has 1 heterocycles. The van der Waals surface area contributed by atoms with Crippen molar-refractivity contribution in [1.82, 2.24) is 10.3 Å². The Bertz CT molecular complexity index is 932. The van der Waals surface area contributed by atoms with Crippen molar-refractivity contribution in [2.24, 2.45) is 0 Å². The van der Waals surface area contributed by atoms with Crippen LogP contribution in [0, 0.1) is 6.92 Å². The van der Waals surface area contributed by atoms with Crippen LogP contribution >= 0.6 is 0 Å². The van der Waals surface area contributed by atoms with Crippen molar-refractivity contribution < 1.29 is 9.53 Å². The number of aryl methyl sites for hydroxylation is 1. The Morgan fingerprint density at radius 2 is 1.89 bits per heavy atom. The fourth-order valence-electron chi connectivity index (χ4n) is 3.02. The Morgan fingerprint density at radius 3 is 2.70 bits per heavy atom. The summed E-state index contributed by atoms with van der Waals surface area (Å²) in [4.78, 5) is 16.6. The predicted octanol–water partition coefficient (Wildman–Crippen LogP) is 4.87. The standard InChI is InChI=1S/C22H25N3O2/c1-15(2)18-10-4-7-16(3)20(18)25-22(26)24-13-14-27-19-11-5-8-17-9-6-12-23-21(17)19/h4-12,15H,13-14H2,1-3H3,(H2,24,25,26). The van der Waals surface area contributed by atoms with Gasteiger partial charge in [-0.15, -0.1) is 0 Å². The molecule has 5 nitrogen and oxygen atoms in total. The van der Waals surface area contributed by atoms with E-state index in [1.54, 1.807) is 6.20 Å². The molecule has 2 aromatic carbocycles. The molecule has 140 valence electrons. The van der Waals surface area contributed by atoms with Gasteiger partial charge in [-0.2, -0.15) is 0 Å². The zero-order valence-electron chi connectivity index (χ0n) is 16.0. The lowest BCUT2D eigenvalue weighted by Gasteiger charge is -2.17. The van der Waals surface area contributed by atoms with Crippen LogP contribution in [0.3, 0.4) is 0 Å². The SMILES string of the molecule is Cc1cccc(C(C)C)c1NC(=O)NCCOc1cccc2cccnc12. The molecule has 0 saturated carbocycles. The minimum Gasteiger partial charge on any atom is -0.489 e. The van der Waals surface area contributed by atoms with E-state index in [1.165, 1.54) is 0 Å². The Hall–Kier alpha value is -3.08. The van der Waals surface area contributed by atoms with Gasteiger partial charge in [-0.1, -0.05) is 50.2 Å². The number of hydrogen-bond donors (Lipinski definition) is 2. The molecule has 0 fully saturated rings. The summed E-state index contributed by atoms with van der Waals surface area (Å²) >= 11 is 0. The Morgan fingerprint density at radius 1 is 1.11 bits per heavy atom. The fourth-order valence-corrected chi connectivity index (χ4v) is 3.02. The number of pyridine rings is 1. The van der Waals surface area contributed by atoms with Gasteiger partial charge >= 0.3 is 6.03 Å². The molecule has 27 heavy (non-hydrogen) atoms. The van der Waals surface area contributed by atoms with Crippen molar-refractivity contribution in [3.63, 3.8) is 0 Å². The maximum atomic E-state index is 12.3. The molecule has 0 saturated heterocycles. The minimum atomic E-state index is -0.231. The van der Waals surface area contributed by atoms with Gasteiger partial charge in [0.05, 0.1) is 6.54 Å². The van der Waals surface area contributed by atoms with E-state index < -0.39 is 0 Å². The van der Waals surface area contributed by atoms with Gasteiger partial charge in [0.25, 0.3) is 0 Å². The first-order chi connectivity index (χ1) is 13.1. The number of amides is 2. The number of carbonyl (C=O) groups is 1.